The summed E-state index contributed by atoms with van der Waals surface area (Å²) in [5.74, 6) is 1.00. The average Bonchev–Trinajstić information content (AvgIpc) is 2.94. The Balaban J connectivity index is 1.78. The van der Waals surface area contributed by atoms with Gasteiger partial charge in [0.15, 0.2) is 5.13 Å². The van der Waals surface area contributed by atoms with E-state index < -0.39 is 0 Å². The molecule has 19 heavy (non-hydrogen) atoms. The molecule has 0 radical (unpaired) electrons. The van der Waals surface area contributed by atoms with Gasteiger partial charge in [-0.2, -0.15) is 0 Å². The largest absolute Gasteiger partial charge is 0.467 e. The van der Waals surface area contributed by atoms with Gasteiger partial charge >= 0.3 is 0 Å². The van der Waals surface area contributed by atoms with E-state index in [1.165, 1.54) is 17.7 Å². The molecule has 0 saturated heterocycles. The molecular formula is C14H19N3OS. The first-order valence-corrected chi connectivity index (χ1v) is 7.51. The molecule has 1 aliphatic carbocycles. The van der Waals surface area contributed by atoms with Gasteiger partial charge in [-0.1, -0.05) is 0 Å². The summed E-state index contributed by atoms with van der Waals surface area (Å²) in [6.07, 6.45) is 6.24. The Labute approximate surface area is 117 Å². The molecule has 1 unspecified atom stereocenters. The van der Waals surface area contributed by atoms with Gasteiger partial charge in [-0.15, -0.1) is 11.3 Å². The zero-order valence-corrected chi connectivity index (χ0v) is 12.1. The molecule has 1 N–H and O–H groups in total. The SMILES string of the molecule is CNC(C)c1cnc(N(Cc2ccco2)C2CC2)s1. The lowest BCUT2D eigenvalue weighted by Gasteiger charge is -2.20. The lowest BCUT2D eigenvalue weighted by atomic mass is 10.3. The lowest BCUT2D eigenvalue weighted by molar-refractivity contribution is 0.501. The third-order valence-electron chi connectivity index (χ3n) is 3.51. The molecule has 4 nitrogen and oxygen atoms in total. The van der Waals surface area contributed by atoms with E-state index in [0.717, 1.165) is 17.4 Å². The summed E-state index contributed by atoms with van der Waals surface area (Å²) in [7, 11) is 1.98. The van der Waals surface area contributed by atoms with E-state index in [1.54, 1.807) is 17.6 Å². The number of rotatable bonds is 6. The normalized spacial score (nSPS) is 16.5. The smallest absolute Gasteiger partial charge is 0.186 e. The van der Waals surface area contributed by atoms with Crippen LogP contribution in [0.3, 0.4) is 0 Å². The fourth-order valence-corrected chi connectivity index (χ4v) is 3.11. The minimum absolute atomic E-state index is 0.357. The zero-order valence-electron chi connectivity index (χ0n) is 11.3. The van der Waals surface area contributed by atoms with Crippen molar-refractivity contribution in [2.24, 2.45) is 0 Å². The molecule has 3 rings (SSSR count). The highest BCUT2D eigenvalue weighted by Crippen LogP contribution is 2.36. The number of hydrogen-bond acceptors (Lipinski definition) is 5. The van der Waals surface area contributed by atoms with Crippen molar-refractivity contribution in [1.82, 2.24) is 10.3 Å². The third-order valence-corrected chi connectivity index (χ3v) is 4.73. The molecule has 0 amide bonds. The second kappa shape index (κ2) is 5.35. The second-order valence-electron chi connectivity index (χ2n) is 4.99. The first kappa shape index (κ1) is 12.7. The van der Waals surface area contributed by atoms with E-state index in [1.807, 2.05) is 25.4 Å². The molecule has 1 atom stereocenters. The standard InChI is InChI=1S/C14H19N3OS/c1-10(15-2)13-8-16-14(19-13)17(11-5-6-11)9-12-4-3-7-18-12/h3-4,7-8,10-11,15H,5-6,9H2,1-2H3. The van der Waals surface area contributed by atoms with Crippen molar-refractivity contribution in [3.63, 3.8) is 0 Å². The fraction of sp³-hybridized carbons (Fsp3) is 0.500. The predicted molar refractivity (Wildman–Crippen MR) is 77.5 cm³/mol. The van der Waals surface area contributed by atoms with E-state index in [9.17, 15) is 0 Å². The molecule has 2 aromatic rings. The Hall–Kier alpha value is -1.33. The van der Waals surface area contributed by atoms with Gasteiger partial charge in [0.05, 0.1) is 12.8 Å². The van der Waals surface area contributed by atoms with Gasteiger partial charge in [-0.25, -0.2) is 4.98 Å². The Morgan fingerprint density at radius 2 is 2.42 bits per heavy atom. The molecule has 2 aromatic heterocycles. The molecule has 0 spiro atoms. The highest BCUT2D eigenvalue weighted by molar-refractivity contribution is 7.15. The fourth-order valence-electron chi connectivity index (χ4n) is 2.06. The van der Waals surface area contributed by atoms with Gasteiger partial charge in [0.25, 0.3) is 0 Å². The van der Waals surface area contributed by atoms with Crippen LogP contribution in [0.25, 0.3) is 0 Å². The summed E-state index contributed by atoms with van der Waals surface area (Å²) in [5, 5.41) is 4.36. The predicted octanol–water partition coefficient (Wildman–Crippen LogP) is 3.19. The van der Waals surface area contributed by atoms with Crippen molar-refractivity contribution in [1.29, 1.82) is 0 Å². The van der Waals surface area contributed by atoms with E-state index in [4.69, 9.17) is 4.42 Å². The molecular weight excluding hydrogens is 258 g/mol. The summed E-state index contributed by atoms with van der Waals surface area (Å²) in [4.78, 5) is 8.24. The minimum atomic E-state index is 0.357. The zero-order chi connectivity index (χ0) is 13.2. The van der Waals surface area contributed by atoms with Crippen molar-refractivity contribution in [2.75, 3.05) is 11.9 Å². The van der Waals surface area contributed by atoms with E-state index in [0.29, 0.717) is 12.1 Å². The van der Waals surface area contributed by atoms with Gasteiger partial charge in [0, 0.05) is 23.2 Å². The van der Waals surface area contributed by atoms with E-state index >= 15 is 0 Å². The quantitative estimate of drug-likeness (QED) is 0.880. The number of nitrogens with zero attached hydrogens (tertiary/aromatic N) is 2. The number of anilines is 1. The molecule has 1 fully saturated rings. The summed E-state index contributed by atoms with van der Waals surface area (Å²) >= 11 is 1.77. The third kappa shape index (κ3) is 2.82. The van der Waals surface area contributed by atoms with E-state index in [-0.39, 0.29) is 0 Å². The first-order chi connectivity index (χ1) is 9.28. The summed E-state index contributed by atoms with van der Waals surface area (Å²) in [6, 6.07) is 4.96. The monoisotopic (exact) mass is 277 g/mol. The highest BCUT2D eigenvalue weighted by Gasteiger charge is 2.31. The van der Waals surface area contributed by atoms with Crippen LogP contribution in [0.2, 0.25) is 0 Å². The second-order valence-corrected chi connectivity index (χ2v) is 6.03. The van der Waals surface area contributed by atoms with Gasteiger partial charge in [0.2, 0.25) is 0 Å². The molecule has 0 aliphatic heterocycles. The van der Waals surface area contributed by atoms with Gasteiger partial charge in [0.1, 0.15) is 5.76 Å². The van der Waals surface area contributed by atoms with Crippen LogP contribution >= 0.6 is 11.3 Å². The Morgan fingerprint density at radius 1 is 1.58 bits per heavy atom. The molecule has 2 heterocycles. The molecule has 0 bridgehead atoms. The maximum Gasteiger partial charge on any atom is 0.186 e. The Morgan fingerprint density at radius 3 is 3.05 bits per heavy atom. The number of aromatic nitrogens is 1. The number of hydrogen-bond donors (Lipinski definition) is 1. The summed E-state index contributed by atoms with van der Waals surface area (Å²) < 4.78 is 5.46. The summed E-state index contributed by atoms with van der Waals surface area (Å²) in [6.45, 7) is 2.98. The van der Waals surface area contributed by atoms with Gasteiger partial charge in [-0.05, 0) is 38.9 Å². The van der Waals surface area contributed by atoms with Gasteiger partial charge < -0.3 is 14.6 Å². The van der Waals surface area contributed by atoms with Crippen LogP contribution in [-0.2, 0) is 6.54 Å². The Kier molecular flexibility index (Phi) is 3.57. The molecule has 1 aliphatic rings. The average molecular weight is 277 g/mol. The first-order valence-electron chi connectivity index (χ1n) is 6.70. The maximum atomic E-state index is 5.46. The number of thiazole rings is 1. The van der Waals surface area contributed by atoms with Gasteiger partial charge in [-0.3, -0.25) is 0 Å². The van der Waals surface area contributed by atoms with Crippen LogP contribution in [0, 0.1) is 0 Å². The van der Waals surface area contributed by atoms with Crippen LogP contribution in [0.1, 0.15) is 36.4 Å². The van der Waals surface area contributed by atoms with Crippen molar-refractivity contribution in [3.05, 3.63) is 35.2 Å². The van der Waals surface area contributed by atoms with Crippen molar-refractivity contribution in [3.8, 4) is 0 Å². The maximum absolute atomic E-state index is 5.46. The molecule has 0 aromatic carbocycles. The number of nitrogens with one attached hydrogen (secondary N) is 1. The Bertz CT molecular complexity index is 519. The van der Waals surface area contributed by atoms with Crippen molar-refractivity contribution in [2.45, 2.75) is 38.4 Å². The van der Waals surface area contributed by atoms with Crippen LogP contribution in [0.5, 0.6) is 0 Å². The lowest BCUT2D eigenvalue weighted by Crippen LogP contribution is -2.24. The molecule has 102 valence electrons. The summed E-state index contributed by atoms with van der Waals surface area (Å²) in [5.41, 5.74) is 0. The molecule has 5 heteroatoms. The highest BCUT2D eigenvalue weighted by atomic mass is 32.1. The van der Waals surface area contributed by atoms with Crippen molar-refractivity contribution < 1.29 is 4.42 Å². The van der Waals surface area contributed by atoms with E-state index in [2.05, 4.69) is 22.1 Å². The van der Waals surface area contributed by atoms with Crippen LogP contribution in [0.15, 0.2) is 29.0 Å². The number of furan rings is 1. The van der Waals surface area contributed by atoms with Crippen molar-refractivity contribution >= 4 is 16.5 Å². The van der Waals surface area contributed by atoms with Crippen LogP contribution < -0.4 is 10.2 Å². The molecule has 1 saturated carbocycles. The topological polar surface area (TPSA) is 41.3 Å². The van der Waals surface area contributed by atoms with Crippen LogP contribution in [-0.4, -0.2) is 18.1 Å². The minimum Gasteiger partial charge on any atom is -0.467 e. The van der Waals surface area contributed by atoms with Crippen LogP contribution in [0.4, 0.5) is 5.13 Å².